The molecule has 0 atom stereocenters. The molecule has 2 aromatic rings. The Morgan fingerprint density at radius 1 is 1.13 bits per heavy atom. The van der Waals surface area contributed by atoms with Crippen LogP contribution in [-0.4, -0.2) is 60.2 Å². The maximum absolute atomic E-state index is 12.6. The summed E-state index contributed by atoms with van der Waals surface area (Å²) in [5, 5.41) is 0. The van der Waals surface area contributed by atoms with Crippen LogP contribution in [0.4, 0.5) is 0 Å². The lowest BCUT2D eigenvalue weighted by atomic mass is 10.3. The van der Waals surface area contributed by atoms with Crippen LogP contribution in [0.15, 0.2) is 27.9 Å². The number of benzene rings is 1. The molecule has 0 bridgehead atoms. The van der Waals surface area contributed by atoms with E-state index in [1.54, 1.807) is 4.90 Å². The second-order valence-corrected chi connectivity index (χ2v) is 7.16. The number of imidazole rings is 1. The van der Waals surface area contributed by atoms with Gasteiger partial charge in [0.25, 0.3) is 0 Å². The number of carbonyl (C=O) groups is 1. The Kier molecular flexibility index (Phi) is 4.90. The Morgan fingerprint density at radius 3 is 2.35 bits per heavy atom. The molecule has 0 spiro atoms. The molecule has 1 aromatic heterocycles. The van der Waals surface area contributed by atoms with Crippen LogP contribution in [0.5, 0.6) is 0 Å². The lowest BCUT2D eigenvalue weighted by molar-refractivity contribution is -0.130. The van der Waals surface area contributed by atoms with Gasteiger partial charge in [-0.1, -0.05) is 0 Å². The van der Waals surface area contributed by atoms with Crippen LogP contribution in [0.2, 0.25) is 0 Å². The maximum atomic E-state index is 12.6. The van der Waals surface area contributed by atoms with Gasteiger partial charge in [-0.25, -0.2) is 13.2 Å². The fourth-order valence-electron chi connectivity index (χ4n) is 2.30. The summed E-state index contributed by atoms with van der Waals surface area (Å²) in [4.78, 5) is 30.0. The number of H-pyrrole nitrogens is 2. The molecular formula is C14H20N4O4S. The van der Waals surface area contributed by atoms with Gasteiger partial charge in [-0.05, 0) is 32.0 Å². The third kappa shape index (κ3) is 3.45. The topological polar surface area (TPSA) is 106 Å². The van der Waals surface area contributed by atoms with Crippen molar-refractivity contribution < 1.29 is 13.2 Å². The van der Waals surface area contributed by atoms with Gasteiger partial charge in [-0.2, -0.15) is 4.31 Å². The SMILES string of the molecule is CCN(CC)C(=O)CN(C)S(=O)(=O)c1ccc2[nH]c(=O)[nH]c2c1. The molecule has 1 heterocycles. The van der Waals surface area contributed by atoms with Crippen LogP contribution < -0.4 is 5.69 Å². The Balaban J connectivity index is 2.28. The van der Waals surface area contributed by atoms with Crippen LogP contribution in [-0.2, 0) is 14.8 Å². The van der Waals surface area contributed by atoms with E-state index in [0.29, 0.717) is 24.1 Å². The highest BCUT2D eigenvalue weighted by atomic mass is 32.2. The average Bonchev–Trinajstić information content (AvgIpc) is 2.87. The van der Waals surface area contributed by atoms with E-state index < -0.39 is 15.7 Å². The molecule has 0 aliphatic rings. The Labute approximate surface area is 134 Å². The number of aromatic nitrogens is 2. The van der Waals surface area contributed by atoms with Crippen molar-refractivity contribution in [1.29, 1.82) is 0 Å². The largest absolute Gasteiger partial charge is 0.342 e. The minimum absolute atomic E-state index is 0.0232. The molecule has 1 amide bonds. The van der Waals surface area contributed by atoms with Crippen molar-refractivity contribution in [2.45, 2.75) is 18.7 Å². The van der Waals surface area contributed by atoms with Crippen LogP contribution in [0, 0.1) is 0 Å². The molecule has 0 saturated carbocycles. The average molecular weight is 340 g/mol. The van der Waals surface area contributed by atoms with Crippen molar-refractivity contribution in [3.8, 4) is 0 Å². The maximum Gasteiger partial charge on any atom is 0.323 e. The first-order valence-electron chi connectivity index (χ1n) is 7.25. The molecule has 0 aliphatic heterocycles. The number of hydrogen-bond donors (Lipinski definition) is 2. The van der Waals surface area contributed by atoms with E-state index in [4.69, 9.17) is 0 Å². The van der Waals surface area contributed by atoms with E-state index in [1.165, 1.54) is 25.2 Å². The Hall–Kier alpha value is -2.13. The molecule has 1 aromatic carbocycles. The molecule has 9 heteroatoms. The first-order valence-corrected chi connectivity index (χ1v) is 8.69. The highest BCUT2D eigenvalue weighted by Gasteiger charge is 2.25. The van der Waals surface area contributed by atoms with Crippen molar-refractivity contribution in [3.05, 3.63) is 28.7 Å². The van der Waals surface area contributed by atoms with E-state index in [-0.39, 0.29) is 17.3 Å². The van der Waals surface area contributed by atoms with Gasteiger partial charge in [0.05, 0.1) is 22.5 Å². The van der Waals surface area contributed by atoms with Gasteiger partial charge < -0.3 is 14.9 Å². The van der Waals surface area contributed by atoms with Crippen LogP contribution >= 0.6 is 0 Å². The van der Waals surface area contributed by atoms with Crippen LogP contribution in [0.25, 0.3) is 11.0 Å². The molecule has 2 rings (SSSR count). The third-order valence-electron chi connectivity index (χ3n) is 3.67. The molecule has 23 heavy (non-hydrogen) atoms. The smallest absolute Gasteiger partial charge is 0.323 e. The molecule has 0 radical (unpaired) electrons. The molecule has 0 aliphatic carbocycles. The zero-order valence-electron chi connectivity index (χ0n) is 13.3. The van der Waals surface area contributed by atoms with E-state index in [0.717, 1.165) is 4.31 Å². The Morgan fingerprint density at radius 2 is 1.74 bits per heavy atom. The van der Waals surface area contributed by atoms with Crippen molar-refractivity contribution in [1.82, 2.24) is 19.2 Å². The van der Waals surface area contributed by atoms with Crippen molar-refractivity contribution in [3.63, 3.8) is 0 Å². The lowest BCUT2D eigenvalue weighted by Gasteiger charge is -2.23. The van der Waals surface area contributed by atoms with Gasteiger partial charge in [0, 0.05) is 20.1 Å². The van der Waals surface area contributed by atoms with Crippen LogP contribution in [0.3, 0.4) is 0 Å². The first-order chi connectivity index (χ1) is 10.8. The summed E-state index contributed by atoms with van der Waals surface area (Å²) in [7, 11) is -2.45. The number of sulfonamides is 1. The molecule has 8 nitrogen and oxygen atoms in total. The molecule has 0 fully saturated rings. The molecule has 0 unspecified atom stereocenters. The number of fused-ring (bicyclic) bond motifs is 1. The highest BCUT2D eigenvalue weighted by Crippen LogP contribution is 2.18. The van der Waals surface area contributed by atoms with Crippen molar-refractivity contribution in [2.75, 3.05) is 26.7 Å². The van der Waals surface area contributed by atoms with Gasteiger partial charge in [-0.3, -0.25) is 4.79 Å². The zero-order chi connectivity index (χ0) is 17.2. The quantitative estimate of drug-likeness (QED) is 0.791. The van der Waals surface area contributed by atoms with Gasteiger partial charge in [0.2, 0.25) is 15.9 Å². The number of aromatic amines is 2. The third-order valence-corrected chi connectivity index (χ3v) is 5.47. The summed E-state index contributed by atoms with van der Waals surface area (Å²) in [5.74, 6) is -0.253. The van der Waals surface area contributed by atoms with Crippen molar-refractivity contribution in [2.24, 2.45) is 0 Å². The standard InChI is InChI=1S/C14H20N4O4S/c1-4-18(5-2)13(19)9-17(3)23(21,22)10-6-7-11-12(8-10)16-14(20)15-11/h6-8H,4-5,9H2,1-3H3,(H2,15,16,20). The van der Waals surface area contributed by atoms with Gasteiger partial charge in [0.15, 0.2) is 0 Å². The monoisotopic (exact) mass is 340 g/mol. The first kappa shape index (κ1) is 17.2. The second kappa shape index (κ2) is 6.55. The van der Waals surface area contributed by atoms with Gasteiger partial charge in [-0.15, -0.1) is 0 Å². The van der Waals surface area contributed by atoms with Gasteiger partial charge in [0.1, 0.15) is 0 Å². The predicted octanol–water partition coefficient (Wildman–Crippen LogP) is 0.345. The summed E-state index contributed by atoms with van der Waals surface area (Å²) in [6.45, 7) is 4.50. The second-order valence-electron chi connectivity index (χ2n) is 5.11. The van der Waals surface area contributed by atoms with E-state index in [1.807, 2.05) is 13.8 Å². The number of rotatable bonds is 6. The van der Waals surface area contributed by atoms with E-state index in [9.17, 15) is 18.0 Å². The summed E-state index contributed by atoms with van der Waals surface area (Å²) in [6.07, 6.45) is 0. The minimum atomic E-state index is -3.82. The summed E-state index contributed by atoms with van der Waals surface area (Å²) in [6, 6.07) is 4.29. The number of nitrogens with zero attached hydrogens (tertiary/aromatic N) is 2. The minimum Gasteiger partial charge on any atom is -0.342 e. The number of nitrogens with one attached hydrogen (secondary N) is 2. The summed E-state index contributed by atoms with van der Waals surface area (Å²) < 4.78 is 26.2. The predicted molar refractivity (Wildman–Crippen MR) is 86.7 cm³/mol. The molecule has 0 saturated heterocycles. The molecule has 2 N–H and O–H groups in total. The normalized spacial score (nSPS) is 12.0. The number of amides is 1. The number of carbonyl (C=O) groups excluding carboxylic acids is 1. The molecule has 126 valence electrons. The van der Waals surface area contributed by atoms with Gasteiger partial charge >= 0.3 is 5.69 Å². The number of hydrogen-bond acceptors (Lipinski definition) is 4. The fourth-order valence-corrected chi connectivity index (χ4v) is 3.45. The summed E-state index contributed by atoms with van der Waals surface area (Å²) in [5.41, 5.74) is 0.523. The molecular weight excluding hydrogens is 320 g/mol. The Bertz CT molecular complexity index is 864. The number of likely N-dealkylation sites (N-methyl/N-ethyl adjacent to an activating group) is 2. The van der Waals surface area contributed by atoms with Crippen molar-refractivity contribution >= 4 is 27.0 Å². The lowest BCUT2D eigenvalue weighted by Crippen LogP contribution is -2.40. The highest BCUT2D eigenvalue weighted by molar-refractivity contribution is 7.89. The summed E-state index contributed by atoms with van der Waals surface area (Å²) >= 11 is 0. The zero-order valence-corrected chi connectivity index (χ0v) is 14.1. The van der Waals surface area contributed by atoms with E-state index in [2.05, 4.69) is 9.97 Å². The van der Waals surface area contributed by atoms with E-state index >= 15 is 0 Å². The van der Waals surface area contributed by atoms with Crippen LogP contribution in [0.1, 0.15) is 13.8 Å². The fraction of sp³-hybridized carbons (Fsp3) is 0.429.